The molecule has 5 fully saturated rings. The van der Waals surface area contributed by atoms with Crippen LogP contribution in [0.2, 0.25) is 0 Å². The Morgan fingerprint density at radius 2 is 1.85 bits per heavy atom. The molecule has 4 nitrogen and oxygen atoms in total. The first kappa shape index (κ1) is 22.2. The van der Waals surface area contributed by atoms with Crippen molar-refractivity contribution < 1.29 is 19.4 Å². The van der Waals surface area contributed by atoms with Gasteiger partial charge in [0, 0.05) is 0 Å². The number of hydrogen-bond donors (Lipinski definition) is 1. The zero-order valence-electron chi connectivity index (χ0n) is 21.1. The number of ether oxygens (including phenoxy) is 1. The molecule has 0 aromatic carbocycles. The van der Waals surface area contributed by atoms with Crippen LogP contribution in [0.1, 0.15) is 79.1 Å². The second-order valence-corrected chi connectivity index (χ2v) is 13.6. The Balaban J connectivity index is 1.45. The predicted molar refractivity (Wildman–Crippen MR) is 126 cm³/mol. The Kier molecular flexibility index (Phi) is 4.62. The summed E-state index contributed by atoms with van der Waals surface area (Å²) in [6.45, 7) is 9.24. The van der Waals surface area contributed by atoms with Crippen LogP contribution in [0.3, 0.4) is 0 Å². The van der Waals surface area contributed by atoms with E-state index in [1.54, 1.807) is 12.7 Å². The number of hydrogen-bond acceptors (Lipinski definition) is 3. The van der Waals surface area contributed by atoms with E-state index in [1.165, 1.54) is 19.3 Å². The van der Waals surface area contributed by atoms with Crippen LogP contribution in [-0.2, 0) is 14.3 Å². The minimum absolute atomic E-state index is 0.0201. The lowest BCUT2D eigenvalue weighted by Gasteiger charge is -2.71. The van der Waals surface area contributed by atoms with Crippen LogP contribution in [0.5, 0.6) is 0 Å². The van der Waals surface area contributed by atoms with Crippen molar-refractivity contribution in [2.45, 2.75) is 79.1 Å². The van der Waals surface area contributed by atoms with Gasteiger partial charge in [0.15, 0.2) is 0 Å². The highest BCUT2D eigenvalue weighted by molar-refractivity contribution is 5.75. The van der Waals surface area contributed by atoms with Gasteiger partial charge in [0.2, 0.25) is 0 Å². The molecule has 1 spiro atoms. The zero-order chi connectivity index (χ0) is 23.5. The number of carbonyl (C=O) groups is 2. The SMILES string of the molecule is COC(=O)C1CC2CC1C1C3CC4C5(C)CCCC(C)(C(=O)O)C5CCC4(C=C3C(C)C)C21. The zero-order valence-corrected chi connectivity index (χ0v) is 21.1. The number of allylic oxidation sites excluding steroid dienone is 2. The third-order valence-corrected chi connectivity index (χ3v) is 12.5. The van der Waals surface area contributed by atoms with E-state index in [2.05, 4.69) is 26.8 Å². The summed E-state index contributed by atoms with van der Waals surface area (Å²) in [6.07, 6.45) is 11.4. The van der Waals surface area contributed by atoms with Crippen molar-refractivity contribution in [3.63, 3.8) is 0 Å². The maximum Gasteiger partial charge on any atom is 0.309 e. The van der Waals surface area contributed by atoms with Crippen molar-refractivity contribution in [3.05, 3.63) is 11.6 Å². The number of esters is 1. The second kappa shape index (κ2) is 6.88. The van der Waals surface area contributed by atoms with Crippen molar-refractivity contribution in [2.75, 3.05) is 7.11 Å². The number of carbonyl (C=O) groups excluding carboxylic acids is 1. The number of fused-ring (bicyclic) bond motifs is 3. The van der Waals surface area contributed by atoms with Crippen molar-refractivity contribution >= 4 is 11.9 Å². The summed E-state index contributed by atoms with van der Waals surface area (Å²) in [6, 6.07) is 0. The normalized spacial score (nSPS) is 53.8. The fourth-order valence-electron chi connectivity index (χ4n) is 11.5. The van der Waals surface area contributed by atoms with Crippen molar-refractivity contribution in [3.8, 4) is 0 Å². The van der Waals surface area contributed by atoms with Gasteiger partial charge >= 0.3 is 11.9 Å². The molecule has 0 amide bonds. The van der Waals surface area contributed by atoms with Crippen molar-refractivity contribution in [1.82, 2.24) is 0 Å². The van der Waals surface area contributed by atoms with E-state index in [-0.39, 0.29) is 28.6 Å². The molecule has 7 aliphatic carbocycles. The van der Waals surface area contributed by atoms with Crippen LogP contribution < -0.4 is 0 Å². The average molecular weight is 455 g/mol. The maximum absolute atomic E-state index is 12.7. The summed E-state index contributed by atoms with van der Waals surface area (Å²) in [5.41, 5.74) is 1.39. The standard InChI is InChI=1S/C29H42O4/c1-15(2)20-14-29-10-7-21-27(3,8-6-9-28(21,4)26(31)32)22(29)13-18(20)23-17-11-16(24(23)29)12-19(17)25(30)33-5/h14-19,21-24H,6-13H2,1-5H3,(H,31,32). The van der Waals surface area contributed by atoms with Crippen LogP contribution in [0, 0.1) is 69.5 Å². The van der Waals surface area contributed by atoms with Gasteiger partial charge < -0.3 is 9.84 Å². The van der Waals surface area contributed by atoms with Gasteiger partial charge in [0.1, 0.15) is 0 Å². The van der Waals surface area contributed by atoms with E-state index in [1.807, 2.05) is 6.92 Å². The Hall–Kier alpha value is -1.32. The molecule has 5 saturated carbocycles. The quantitative estimate of drug-likeness (QED) is 0.422. The number of methoxy groups -OCH3 is 1. The Bertz CT molecular complexity index is 921. The monoisotopic (exact) mass is 454 g/mol. The Labute approximate surface area is 198 Å². The number of carboxylic acids is 1. The van der Waals surface area contributed by atoms with E-state index in [9.17, 15) is 14.7 Å². The summed E-state index contributed by atoms with van der Waals surface area (Å²) in [5, 5.41) is 10.3. The van der Waals surface area contributed by atoms with Crippen LogP contribution in [0.4, 0.5) is 0 Å². The smallest absolute Gasteiger partial charge is 0.309 e. The highest BCUT2D eigenvalue weighted by atomic mass is 16.5. The van der Waals surface area contributed by atoms with E-state index in [0.717, 1.165) is 32.1 Å². The van der Waals surface area contributed by atoms with Gasteiger partial charge in [-0.05, 0) is 110 Å². The first-order valence-corrected chi connectivity index (χ1v) is 13.6. The Morgan fingerprint density at radius 3 is 2.52 bits per heavy atom. The van der Waals surface area contributed by atoms with Crippen LogP contribution in [-0.4, -0.2) is 24.2 Å². The molecule has 33 heavy (non-hydrogen) atoms. The van der Waals surface area contributed by atoms with E-state index in [0.29, 0.717) is 41.4 Å². The molecule has 0 aromatic rings. The van der Waals surface area contributed by atoms with Gasteiger partial charge in [-0.1, -0.05) is 38.8 Å². The largest absolute Gasteiger partial charge is 0.481 e. The van der Waals surface area contributed by atoms with Crippen LogP contribution >= 0.6 is 0 Å². The fourth-order valence-corrected chi connectivity index (χ4v) is 11.5. The van der Waals surface area contributed by atoms with Gasteiger partial charge in [-0.2, -0.15) is 0 Å². The molecule has 0 aliphatic heterocycles. The molecule has 7 rings (SSSR count). The van der Waals surface area contributed by atoms with Gasteiger partial charge in [-0.3, -0.25) is 9.59 Å². The molecule has 4 bridgehead atoms. The molecule has 0 radical (unpaired) electrons. The summed E-state index contributed by atoms with van der Waals surface area (Å²) >= 11 is 0. The molecule has 7 aliphatic rings. The molecule has 182 valence electrons. The predicted octanol–water partition coefficient (Wildman–Crippen LogP) is 5.96. The minimum atomic E-state index is -0.583. The summed E-state index contributed by atoms with van der Waals surface area (Å²) in [7, 11) is 1.55. The molecular weight excluding hydrogens is 412 g/mol. The molecular formula is C29H42O4. The highest BCUT2D eigenvalue weighted by Gasteiger charge is 2.73. The van der Waals surface area contributed by atoms with Crippen molar-refractivity contribution in [2.24, 2.45) is 69.5 Å². The van der Waals surface area contributed by atoms with Gasteiger partial charge in [-0.15, -0.1) is 0 Å². The Morgan fingerprint density at radius 1 is 1.09 bits per heavy atom. The third-order valence-electron chi connectivity index (χ3n) is 12.5. The minimum Gasteiger partial charge on any atom is -0.481 e. The molecule has 0 saturated heterocycles. The number of rotatable bonds is 3. The highest BCUT2D eigenvalue weighted by Crippen LogP contribution is 2.79. The first-order chi connectivity index (χ1) is 15.6. The molecule has 4 heteroatoms. The van der Waals surface area contributed by atoms with E-state index in [4.69, 9.17) is 4.74 Å². The first-order valence-electron chi connectivity index (χ1n) is 13.6. The topological polar surface area (TPSA) is 63.6 Å². The van der Waals surface area contributed by atoms with E-state index >= 15 is 0 Å². The lowest BCUT2D eigenvalue weighted by atomic mass is 9.33. The average Bonchev–Trinajstić information content (AvgIpc) is 3.38. The number of aliphatic carboxylic acids is 1. The molecule has 0 heterocycles. The summed E-state index contributed by atoms with van der Waals surface area (Å²) < 4.78 is 5.25. The fraction of sp³-hybridized carbons (Fsp3) is 0.862. The van der Waals surface area contributed by atoms with Crippen molar-refractivity contribution in [1.29, 1.82) is 0 Å². The third kappa shape index (κ3) is 2.54. The lowest BCUT2D eigenvalue weighted by molar-refractivity contribution is -0.204. The van der Waals surface area contributed by atoms with Gasteiger partial charge in [-0.25, -0.2) is 0 Å². The van der Waals surface area contributed by atoms with Gasteiger partial charge in [0.05, 0.1) is 18.4 Å². The molecule has 0 aromatic heterocycles. The lowest BCUT2D eigenvalue weighted by Crippen LogP contribution is -2.65. The summed E-state index contributed by atoms with van der Waals surface area (Å²) in [5.74, 6) is 3.96. The second-order valence-electron chi connectivity index (χ2n) is 13.6. The molecule has 1 N–H and O–H groups in total. The maximum atomic E-state index is 12.7. The van der Waals surface area contributed by atoms with Crippen LogP contribution in [0.25, 0.3) is 0 Å². The van der Waals surface area contributed by atoms with E-state index < -0.39 is 11.4 Å². The van der Waals surface area contributed by atoms with Crippen LogP contribution in [0.15, 0.2) is 11.6 Å². The number of carboxylic acid groups (broad SMARTS) is 1. The molecule has 11 unspecified atom stereocenters. The van der Waals surface area contributed by atoms with Gasteiger partial charge in [0.25, 0.3) is 0 Å². The molecule has 11 atom stereocenters. The summed E-state index contributed by atoms with van der Waals surface area (Å²) in [4.78, 5) is 25.2.